The Hall–Kier alpha value is -2.83. The number of allylic oxidation sites excluding steroid dienone is 1. The van der Waals surface area contributed by atoms with Crippen LogP contribution in [0.15, 0.2) is 58.9 Å². The van der Waals surface area contributed by atoms with Gasteiger partial charge in [0, 0.05) is 28.2 Å². The molecule has 2 rings (SSSR count). The zero-order valence-electron chi connectivity index (χ0n) is 16.3. The van der Waals surface area contributed by atoms with E-state index >= 15 is 0 Å². The van der Waals surface area contributed by atoms with Crippen molar-refractivity contribution < 1.29 is 14.5 Å². The van der Waals surface area contributed by atoms with Gasteiger partial charge in [-0.3, -0.25) is 4.79 Å². The molecule has 8 heteroatoms. The summed E-state index contributed by atoms with van der Waals surface area (Å²) < 4.78 is 0. The Morgan fingerprint density at radius 2 is 1.83 bits per heavy atom. The van der Waals surface area contributed by atoms with E-state index in [0.717, 1.165) is 11.1 Å². The smallest absolute Gasteiger partial charge is 0.273 e. The lowest BCUT2D eigenvalue weighted by Crippen LogP contribution is -2.29. The van der Waals surface area contributed by atoms with Crippen LogP contribution in [0.2, 0.25) is 10.0 Å². The van der Waals surface area contributed by atoms with Gasteiger partial charge >= 0.3 is 0 Å². The van der Waals surface area contributed by atoms with E-state index in [2.05, 4.69) is 15.6 Å². The van der Waals surface area contributed by atoms with E-state index in [1.165, 1.54) is 14.2 Å². The maximum Gasteiger partial charge on any atom is 0.273 e. The van der Waals surface area contributed by atoms with Crippen LogP contribution in [-0.4, -0.2) is 31.5 Å². The number of nitrogens with zero attached hydrogens (tertiary/aromatic N) is 2. The first-order chi connectivity index (χ1) is 13.9. The third-order valence-corrected chi connectivity index (χ3v) is 4.16. The van der Waals surface area contributed by atoms with Crippen molar-refractivity contribution in [3.8, 4) is 0 Å². The third-order valence-electron chi connectivity index (χ3n) is 3.73. The highest BCUT2D eigenvalue weighted by molar-refractivity contribution is 6.45. The highest BCUT2D eigenvalue weighted by Gasteiger charge is 2.17. The van der Waals surface area contributed by atoms with Crippen molar-refractivity contribution in [2.24, 2.45) is 10.3 Å². The largest absolute Gasteiger partial charge is 0.398 e. The van der Waals surface area contributed by atoms with Crippen LogP contribution in [0.1, 0.15) is 23.6 Å². The Morgan fingerprint density at radius 1 is 1.14 bits per heavy atom. The lowest BCUT2D eigenvalue weighted by molar-refractivity contribution is -0.114. The van der Waals surface area contributed by atoms with E-state index in [9.17, 15) is 4.79 Å². The zero-order valence-corrected chi connectivity index (χ0v) is 17.8. The van der Waals surface area contributed by atoms with Gasteiger partial charge in [0.05, 0.1) is 5.71 Å². The number of hydrogen-bond donors (Lipinski definition) is 1. The number of halogens is 2. The summed E-state index contributed by atoms with van der Waals surface area (Å²) in [4.78, 5) is 22.3. The van der Waals surface area contributed by atoms with Crippen molar-refractivity contribution >= 4 is 46.6 Å². The van der Waals surface area contributed by atoms with Crippen LogP contribution in [0.25, 0.3) is 6.08 Å². The second kappa shape index (κ2) is 11.2. The average molecular weight is 434 g/mol. The monoisotopic (exact) mass is 433 g/mol. The topological polar surface area (TPSA) is 72.3 Å². The minimum absolute atomic E-state index is 0.157. The van der Waals surface area contributed by atoms with Gasteiger partial charge in [-0.25, -0.2) is 0 Å². The number of carbonyl (C=O) groups excluding carboxylic acids is 1. The fourth-order valence-corrected chi connectivity index (χ4v) is 2.97. The highest BCUT2D eigenvalue weighted by atomic mass is 35.5. The van der Waals surface area contributed by atoms with Crippen LogP contribution in [-0.2, 0) is 21.1 Å². The molecule has 0 saturated carbocycles. The molecule has 29 heavy (non-hydrogen) atoms. The number of oxime groups is 2. The van der Waals surface area contributed by atoms with Crippen molar-refractivity contribution in [2.75, 3.05) is 14.2 Å². The first kappa shape index (κ1) is 22.5. The van der Waals surface area contributed by atoms with Crippen LogP contribution in [0.4, 0.5) is 0 Å². The molecule has 6 nitrogen and oxygen atoms in total. The molecule has 2 aromatic carbocycles. The third kappa shape index (κ3) is 6.93. The van der Waals surface area contributed by atoms with Crippen LogP contribution in [0.5, 0.6) is 0 Å². The van der Waals surface area contributed by atoms with E-state index in [4.69, 9.17) is 32.9 Å². The van der Waals surface area contributed by atoms with Crippen molar-refractivity contribution in [1.29, 1.82) is 0 Å². The van der Waals surface area contributed by atoms with Crippen LogP contribution in [0, 0.1) is 0 Å². The Balaban J connectivity index is 2.10. The summed E-state index contributed by atoms with van der Waals surface area (Å²) in [5.41, 5.74) is 3.01. The van der Waals surface area contributed by atoms with E-state index in [1.807, 2.05) is 18.2 Å². The van der Waals surface area contributed by atoms with Crippen molar-refractivity contribution in [1.82, 2.24) is 5.32 Å². The molecular formula is C21H21Cl2N3O3. The predicted molar refractivity (Wildman–Crippen MR) is 117 cm³/mol. The van der Waals surface area contributed by atoms with Gasteiger partial charge in [-0.15, -0.1) is 0 Å². The van der Waals surface area contributed by atoms with Gasteiger partial charge in [0.2, 0.25) is 0 Å². The lowest BCUT2D eigenvalue weighted by Gasteiger charge is -2.10. The molecule has 1 N–H and O–H groups in total. The van der Waals surface area contributed by atoms with Gasteiger partial charge in [-0.1, -0.05) is 63.9 Å². The molecule has 0 saturated heterocycles. The molecule has 0 spiro atoms. The number of benzene rings is 2. The van der Waals surface area contributed by atoms with E-state index < -0.39 is 0 Å². The highest BCUT2D eigenvalue weighted by Crippen LogP contribution is 2.20. The van der Waals surface area contributed by atoms with Gasteiger partial charge in [-0.2, -0.15) is 0 Å². The molecule has 0 aliphatic heterocycles. The van der Waals surface area contributed by atoms with E-state index in [-0.39, 0.29) is 18.2 Å². The average Bonchev–Trinajstić information content (AvgIpc) is 2.70. The molecule has 2 aromatic rings. The molecule has 152 valence electrons. The number of rotatable bonds is 8. The quantitative estimate of drug-likeness (QED) is 0.484. The molecule has 0 aliphatic rings. The Morgan fingerprint density at radius 3 is 2.48 bits per heavy atom. The molecule has 0 unspecified atom stereocenters. The Kier molecular flexibility index (Phi) is 8.70. The summed E-state index contributed by atoms with van der Waals surface area (Å²) >= 11 is 12.0. The zero-order chi connectivity index (χ0) is 21.2. The second-order valence-corrected chi connectivity index (χ2v) is 6.77. The summed E-state index contributed by atoms with van der Waals surface area (Å²) in [6, 6.07) is 12.5. The minimum Gasteiger partial charge on any atom is -0.398 e. The maximum absolute atomic E-state index is 12.1. The molecule has 0 heterocycles. The maximum atomic E-state index is 12.1. The summed E-state index contributed by atoms with van der Waals surface area (Å²) in [5.74, 6) is -0.359. The molecule has 0 atom stereocenters. The van der Waals surface area contributed by atoms with E-state index in [1.54, 1.807) is 43.3 Å². The minimum atomic E-state index is -0.359. The Bertz CT molecular complexity index is 936. The molecule has 0 radical (unpaired) electrons. The van der Waals surface area contributed by atoms with Crippen LogP contribution >= 0.6 is 23.2 Å². The second-order valence-electron chi connectivity index (χ2n) is 5.90. The molecular weight excluding hydrogens is 413 g/mol. The molecule has 0 aliphatic carbocycles. The number of nitrogens with one attached hydrogen (secondary N) is 1. The summed E-state index contributed by atoms with van der Waals surface area (Å²) in [7, 11) is 2.91. The van der Waals surface area contributed by atoms with Crippen LogP contribution in [0.3, 0.4) is 0 Å². The van der Waals surface area contributed by atoms with Gasteiger partial charge in [0.15, 0.2) is 5.71 Å². The first-order valence-electron chi connectivity index (χ1n) is 8.67. The number of hydrogen-bond acceptors (Lipinski definition) is 5. The lowest BCUT2D eigenvalue weighted by atomic mass is 10.0. The summed E-state index contributed by atoms with van der Waals surface area (Å²) in [5, 5.41) is 11.6. The number of carbonyl (C=O) groups is 1. The fourth-order valence-electron chi connectivity index (χ4n) is 2.42. The van der Waals surface area contributed by atoms with Gasteiger partial charge in [-0.05, 0) is 36.8 Å². The van der Waals surface area contributed by atoms with Gasteiger partial charge in [0.25, 0.3) is 5.91 Å². The normalized spacial score (nSPS) is 12.2. The van der Waals surface area contributed by atoms with Crippen LogP contribution < -0.4 is 5.32 Å². The summed E-state index contributed by atoms with van der Waals surface area (Å²) in [6.07, 6.45) is 3.62. The standard InChI is InChI=1S/C21H21Cl2N3O3/c1-14(8-9-15-10-17(22)12-18(23)11-15)25-29-13-16-6-4-5-7-19(16)20(26-28-3)21(27)24-2/h4-12H,13H2,1-3H3,(H,24,27). The van der Waals surface area contributed by atoms with Crippen molar-refractivity contribution in [3.63, 3.8) is 0 Å². The summed E-state index contributed by atoms with van der Waals surface area (Å²) in [6.45, 7) is 1.96. The first-order valence-corrected chi connectivity index (χ1v) is 9.42. The number of amides is 1. The van der Waals surface area contributed by atoms with Crippen molar-refractivity contribution in [2.45, 2.75) is 13.5 Å². The SMILES string of the molecule is CNC(=O)C(=NOC)c1ccccc1CON=C(C)C=Cc1cc(Cl)cc(Cl)c1. The predicted octanol–water partition coefficient (Wildman–Crippen LogP) is 4.70. The number of likely N-dealkylation sites (N-methyl/N-ethyl adjacent to an activating group) is 1. The van der Waals surface area contributed by atoms with Gasteiger partial charge in [0.1, 0.15) is 13.7 Å². The fraction of sp³-hybridized carbons (Fsp3) is 0.190. The van der Waals surface area contributed by atoms with Crippen molar-refractivity contribution in [3.05, 3.63) is 75.3 Å². The molecule has 0 bridgehead atoms. The van der Waals surface area contributed by atoms with E-state index in [0.29, 0.717) is 21.3 Å². The van der Waals surface area contributed by atoms with Gasteiger partial charge < -0.3 is 15.0 Å². The molecule has 1 amide bonds. The molecule has 0 aromatic heterocycles. The Labute approximate surface area is 179 Å². The molecule has 0 fully saturated rings.